The van der Waals surface area contributed by atoms with Gasteiger partial charge in [-0.15, -0.1) is 23.5 Å². The van der Waals surface area contributed by atoms with Gasteiger partial charge in [-0.05, 0) is 59.9 Å². The van der Waals surface area contributed by atoms with Gasteiger partial charge >= 0.3 is 0 Å². The lowest BCUT2D eigenvalue weighted by Gasteiger charge is -2.12. The van der Waals surface area contributed by atoms with Crippen LogP contribution >= 0.6 is 46.1 Å². The Balaban J connectivity index is 1.49. The van der Waals surface area contributed by atoms with Crippen LogP contribution in [0.3, 0.4) is 0 Å². The predicted molar refractivity (Wildman–Crippen MR) is 90.4 cm³/mol. The molecule has 5 heteroatoms. The highest BCUT2D eigenvalue weighted by atomic mass is 127. The third-order valence-corrected chi connectivity index (χ3v) is 5.58. The van der Waals surface area contributed by atoms with E-state index in [0.717, 1.165) is 5.03 Å². The van der Waals surface area contributed by atoms with Gasteiger partial charge < -0.3 is 0 Å². The van der Waals surface area contributed by atoms with Crippen molar-refractivity contribution in [2.75, 3.05) is 30.5 Å². The molecular formula is C13H19IN2S2. The van der Waals surface area contributed by atoms with Gasteiger partial charge in [-0.1, -0.05) is 6.42 Å². The minimum absolute atomic E-state index is 1.16. The second kappa shape index (κ2) is 8.66. The van der Waals surface area contributed by atoms with Crippen molar-refractivity contribution in [1.29, 1.82) is 0 Å². The Morgan fingerprint density at radius 2 is 2.28 bits per heavy atom. The molecule has 0 aromatic carbocycles. The average molecular weight is 394 g/mol. The van der Waals surface area contributed by atoms with Gasteiger partial charge in [0.2, 0.25) is 0 Å². The molecule has 0 saturated carbocycles. The number of thioether (sulfide) groups is 2. The van der Waals surface area contributed by atoms with Gasteiger partial charge in [0.05, 0.1) is 5.03 Å². The van der Waals surface area contributed by atoms with Crippen molar-refractivity contribution in [1.82, 2.24) is 9.88 Å². The quantitative estimate of drug-likeness (QED) is 0.395. The number of hydrogen-bond donors (Lipinski definition) is 0. The first-order valence-electron chi connectivity index (χ1n) is 6.39. The maximum Gasteiger partial charge on any atom is 0.0960 e. The number of pyridine rings is 1. The van der Waals surface area contributed by atoms with E-state index < -0.39 is 0 Å². The fourth-order valence-corrected chi connectivity index (χ4v) is 4.07. The number of aromatic nitrogens is 1. The number of rotatable bonds is 7. The molecule has 1 aliphatic rings. The Bertz CT molecular complexity index is 339. The van der Waals surface area contributed by atoms with E-state index in [1.165, 1.54) is 53.3 Å². The fourth-order valence-electron chi connectivity index (χ4n) is 1.87. The molecule has 100 valence electrons. The highest BCUT2D eigenvalue weighted by molar-refractivity contribution is 14.1. The molecule has 1 aromatic rings. The first-order valence-corrected chi connectivity index (χ1v) is 9.61. The molecule has 0 amide bonds. The number of halogens is 1. The van der Waals surface area contributed by atoms with Crippen molar-refractivity contribution in [2.45, 2.75) is 24.3 Å². The number of hydrogen-bond acceptors (Lipinski definition) is 4. The third kappa shape index (κ3) is 5.67. The first-order chi connectivity index (χ1) is 8.84. The van der Waals surface area contributed by atoms with Gasteiger partial charge in [-0.25, -0.2) is 4.98 Å². The summed E-state index contributed by atoms with van der Waals surface area (Å²) in [7, 11) is 0. The molecule has 1 saturated heterocycles. The van der Waals surface area contributed by atoms with Gasteiger partial charge in [-0.3, -0.25) is 4.90 Å². The van der Waals surface area contributed by atoms with E-state index in [9.17, 15) is 0 Å². The lowest BCUT2D eigenvalue weighted by Crippen LogP contribution is -2.20. The molecule has 0 radical (unpaired) electrons. The fraction of sp³-hybridized carbons (Fsp3) is 0.615. The second-order valence-corrected chi connectivity index (χ2v) is 7.81. The van der Waals surface area contributed by atoms with Crippen molar-refractivity contribution in [2.24, 2.45) is 0 Å². The summed E-state index contributed by atoms with van der Waals surface area (Å²) in [4.78, 5) is 6.97. The Hall–Kier alpha value is 0.540. The lowest BCUT2D eigenvalue weighted by molar-refractivity contribution is 0.346. The van der Waals surface area contributed by atoms with Crippen LogP contribution in [0.25, 0.3) is 0 Å². The van der Waals surface area contributed by atoms with Crippen LogP contribution in [0, 0.1) is 3.57 Å². The highest BCUT2D eigenvalue weighted by Crippen LogP contribution is 2.18. The van der Waals surface area contributed by atoms with E-state index in [4.69, 9.17) is 0 Å². The highest BCUT2D eigenvalue weighted by Gasteiger charge is 2.10. The molecule has 0 aliphatic carbocycles. The van der Waals surface area contributed by atoms with Crippen molar-refractivity contribution in [3.05, 3.63) is 21.9 Å². The molecule has 18 heavy (non-hydrogen) atoms. The molecule has 2 rings (SSSR count). The summed E-state index contributed by atoms with van der Waals surface area (Å²) >= 11 is 6.23. The molecule has 2 nitrogen and oxygen atoms in total. The van der Waals surface area contributed by atoms with Crippen LogP contribution in [0.4, 0.5) is 0 Å². The molecule has 0 unspecified atom stereocenters. The normalized spacial score (nSPS) is 16.3. The summed E-state index contributed by atoms with van der Waals surface area (Å²) < 4.78 is 1.21. The minimum Gasteiger partial charge on any atom is -0.293 e. The predicted octanol–water partition coefficient (Wildman–Crippen LogP) is 3.95. The second-order valence-electron chi connectivity index (χ2n) is 4.38. The van der Waals surface area contributed by atoms with Crippen molar-refractivity contribution < 1.29 is 0 Å². The van der Waals surface area contributed by atoms with Crippen LogP contribution in [-0.2, 0) is 0 Å². The summed E-state index contributed by atoms with van der Waals surface area (Å²) in [6.07, 6.45) is 5.94. The monoisotopic (exact) mass is 394 g/mol. The van der Waals surface area contributed by atoms with Crippen LogP contribution in [0.1, 0.15) is 19.3 Å². The zero-order valence-electron chi connectivity index (χ0n) is 10.5. The number of unbranched alkanes of at least 4 members (excludes halogenated alkanes) is 2. The minimum atomic E-state index is 1.16. The average Bonchev–Trinajstić information content (AvgIpc) is 2.89. The van der Waals surface area contributed by atoms with E-state index in [1.807, 2.05) is 18.0 Å². The van der Waals surface area contributed by atoms with E-state index >= 15 is 0 Å². The summed E-state index contributed by atoms with van der Waals surface area (Å²) in [6, 6.07) is 4.24. The first kappa shape index (κ1) is 14.9. The van der Waals surface area contributed by atoms with Crippen LogP contribution in [-0.4, -0.2) is 40.4 Å². The zero-order chi connectivity index (χ0) is 12.6. The molecule has 0 N–H and O–H groups in total. The molecule has 1 fully saturated rings. The summed E-state index contributed by atoms with van der Waals surface area (Å²) in [5, 5.41) is 1.16. The van der Waals surface area contributed by atoms with Crippen LogP contribution in [0.5, 0.6) is 0 Å². The molecule has 2 heterocycles. The van der Waals surface area contributed by atoms with Gasteiger partial charge in [0.15, 0.2) is 0 Å². The Morgan fingerprint density at radius 1 is 1.33 bits per heavy atom. The summed E-state index contributed by atoms with van der Waals surface area (Å²) in [6.45, 7) is 2.59. The molecule has 0 atom stereocenters. The molecule has 0 bridgehead atoms. The number of nitrogens with zero attached hydrogens (tertiary/aromatic N) is 2. The van der Waals surface area contributed by atoms with Crippen molar-refractivity contribution in [3.63, 3.8) is 0 Å². The van der Waals surface area contributed by atoms with E-state index in [1.54, 1.807) is 0 Å². The van der Waals surface area contributed by atoms with Gasteiger partial charge in [0.25, 0.3) is 0 Å². The van der Waals surface area contributed by atoms with Gasteiger partial charge in [0.1, 0.15) is 0 Å². The summed E-state index contributed by atoms with van der Waals surface area (Å²) in [5.74, 6) is 3.78. The maximum absolute atomic E-state index is 4.40. The molecule has 1 aliphatic heterocycles. The zero-order valence-corrected chi connectivity index (χ0v) is 14.3. The maximum atomic E-state index is 4.40. The Morgan fingerprint density at radius 3 is 3.00 bits per heavy atom. The van der Waals surface area contributed by atoms with Gasteiger partial charge in [-0.2, -0.15) is 0 Å². The van der Waals surface area contributed by atoms with Crippen LogP contribution in [0.2, 0.25) is 0 Å². The largest absolute Gasteiger partial charge is 0.293 e. The molecule has 1 aromatic heterocycles. The SMILES string of the molecule is Ic1ccc(SCCCCCN2CCSC2)nc1. The molecular weight excluding hydrogens is 375 g/mol. The Kier molecular flexibility index (Phi) is 7.19. The van der Waals surface area contributed by atoms with E-state index in [-0.39, 0.29) is 0 Å². The third-order valence-electron chi connectivity index (χ3n) is 2.89. The lowest BCUT2D eigenvalue weighted by atomic mass is 10.2. The van der Waals surface area contributed by atoms with E-state index in [0.29, 0.717) is 0 Å². The van der Waals surface area contributed by atoms with E-state index in [2.05, 4.69) is 56.4 Å². The summed E-state index contributed by atoms with van der Waals surface area (Å²) in [5.41, 5.74) is 0. The molecule has 0 spiro atoms. The van der Waals surface area contributed by atoms with Crippen LogP contribution < -0.4 is 0 Å². The van der Waals surface area contributed by atoms with Gasteiger partial charge in [0, 0.05) is 27.9 Å². The standard InChI is InChI=1S/C13H19IN2S2/c14-12-4-5-13(15-10-12)18-8-3-1-2-6-16-7-9-17-11-16/h4-5,10H,1-3,6-9,11H2. The van der Waals surface area contributed by atoms with Crippen LogP contribution in [0.15, 0.2) is 23.4 Å². The van der Waals surface area contributed by atoms with Crippen molar-refractivity contribution in [3.8, 4) is 0 Å². The Labute approximate surface area is 132 Å². The smallest absolute Gasteiger partial charge is 0.0960 e. The topological polar surface area (TPSA) is 16.1 Å². The van der Waals surface area contributed by atoms with Crippen molar-refractivity contribution >= 4 is 46.1 Å².